The molecule has 7 heteroatoms. The Balaban J connectivity index is 2.04. The van der Waals surface area contributed by atoms with Gasteiger partial charge in [0, 0.05) is 6.04 Å². The van der Waals surface area contributed by atoms with Crippen LogP contribution in [0.25, 0.3) is 5.65 Å². The van der Waals surface area contributed by atoms with E-state index in [0.29, 0.717) is 11.3 Å². The number of fused-ring (bicyclic) bond motifs is 1. The van der Waals surface area contributed by atoms with Crippen LogP contribution in [0.2, 0.25) is 0 Å². The molecule has 2 aromatic heterocycles. The Morgan fingerprint density at radius 3 is 2.86 bits per heavy atom. The number of nitrogens with zero attached hydrogens (tertiary/aromatic N) is 3. The summed E-state index contributed by atoms with van der Waals surface area (Å²) in [6.45, 7) is 7.62. The van der Waals surface area contributed by atoms with Crippen molar-refractivity contribution in [2.75, 3.05) is 0 Å². The van der Waals surface area contributed by atoms with Gasteiger partial charge in [0.2, 0.25) is 0 Å². The molecule has 0 fully saturated rings. The highest BCUT2D eigenvalue weighted by atomic mass is 16.6. The molecule has 3 N–H and O–H groups in total. The molecule has 0 saturated heterocycles. The van der Waals surface area contributed by atoms with Crippen molar-refractivity contribution in [2.24, 2.45) is 5.73 Å². The molecule has 1 atom stereocenters. The van der Waals surface area contributed by atoms with Crippen molar-refractivity contribution in [2.45, 2.75) is 45.9 Å². The Labute approximate surface area is 123 Å². The molecule has 2 aromatic rings. The lowest BCUT2D eigenvalue weighted by Gasteiger charge is -2.19. The van der Waals surface area contributed by atoms with Gasteiger partial charge in [-0.1, -0.05) is 0 Å². The van der Waals surface area contributed by atoms with E-state index < -0.39 is 11.7 Å². The molecule has 0 aliphatic heterocycles. The van der Waals surface area contributed by atoms with Gasteiger partial charge >= 0.3 is 6.09 Å². The molecule has 7 nitrogen and oxygen atoms in total. The van der Waals surface area contributed by atoms with Crippen molar-refractivity contribution in [3.63, 3.8) is 0 Å². The van der Waals surface area contributed by atoms with Gasteiger partial charge in [0.25, 0.3) is 0 Å². The molecule has 1 amide bonds. The SMILES string of the molecule is CC(N)c1cnn2cc(CNC(=O)OC(C)(C)C)nc2c1. The summed E-state index contributed by atoms with van der Waals surface area (Å²) in [5.74, 6) is 0. The van der Waals surface area contributed by atoms with Gasteiger partial charge in [0.1, 0.15) is 5.60 Å². The summed E-state index contributed by atoms with van der Waals surface area (Å²) >= 11 is 0. The van der Waals surface area contributed by atoms with Crippen LogP contribution < -0.4 is 11.1 Å². The van der Waals surface area contributed by atoms with Gasteiger partial charge in [-0.25, -0.2) is 14.3 Å². The van der Waals surface area contributed by atoms with Crippen LogP contribution in [0.3, 0.4) is 0 Å². The predicted octanol–water partition coefficient (Wildman–Crippen LogP) is 1.77. The summed E-state index contributed by atoms with van der Waals surface area (Å²) in [5.41, 5.74) is 7.62. The highest BCUT2D eigenvalue weighted by molar-refractivity contribution is 5.67. The molecule has 2 heterocycles. The molecule has 0 spiro atoms. The number of carbonyl (C=O) groups is 1. The summed E-state index contributed by atoms with van der Waals surface area (Å²) in [6, 6.07) is 1.79. The van der Waals surface area contributed by atoms with Crippen molar-refractivity contribution in [1.82, 2.24) is 19.9 Å². The molecule has 2 rings (SSSR count). The number of rotatable bonds is 3. The number of amides is 1. The number of carbonyl (C=O) groups excluding carboxylic acids is 1. The Morgan fingerprint density at radius 2 is 2.24 bits per heavy atom. The van der Waals surface area contributed by atoms with Crippen LogP contribution in [0.4, 0.5) is 4.79 Å². The van der Waals surface area contributed by atoms with Crippen molar-refractivity contribution < 1.29 is 9.53 Å². The summed E-state index contributed by atoms with van der Waals surface area (Å²) in [4.78, 5) is 16.0. The van der Waals surface area contributed by atoms with Crippen LogP contribution in [-0.4, -0.2) is 26.3 Å². The number of ether oxygens (including phenoxy) is 1. The second-order valence-electron chi connectivity index (χ2n) is 5.97. The van der Waals surface area contributed by atoms with Crippen molar-refractivity contribution in [3.05, 3.63) is 29.7 Å². The molecule has 0 aliphatic rings. The lowest BCUT2D eigenvalue weighted by atomic mass is 10.2. The van der Waals surface area contributed by atoms with E-state index in [1.165, 1.54) is 0 Å². The molecule has 0 aromatic carbocycles. The average molecular weight is 291 g/mol. The minimum absolute atomic E-state index is 0.0949. The maximum atomic E-state index is 11.6. The van der Waals surface area contributed by atoms with Crippen molar-refractivity contribution in [1.29, 1.82) is 0 Å². The third-order valence-electron chi connectivity index (χ3n) is 2.73. The molecule has 0 aliphatic carbocycles. The molecule has 0 bridgehead atoms. The molecular weight excluding hydrogens is 270 g/mol. The van der Waals surface area contributed by atoms with Gasteiger partial charge < -0.3 is 15.8 Å². The number of nitrogens with two attached hydrogens (primary N) is 1. The third-order valence-corrected chi connectivity index (χ3v) is 2.73. The van der Waals surface area contributed by atoms with Crippen LogP contribution >= 0.6 is 0 Å². The number of nitrogens with one attached hydrogen (secondary N) is 1. The second-order valence-corrected chi connectivity index (χ2v) is 5.97. The Morgan fingerprint density at radius 1 is 1.52 bits per heavy atom. The summed E-state index contributed by atoms with van der Waals surface area (Å²) < 4.78 is 6.82. The molecule has 1 unspecified atom stereocenters. The number of hydrogen-bond acceptors (Lipinski definition) is 5. The first kappa shape index (κ1) is 15.2. The minimum Gasteiger partial charge on any atom is -0.444 e. The van der Waals surface area contributed by atoms with Gasteiger partial charge in [0.05, 0.1) is 24.6 Å². The zero-order valence-corrected chi connectivity index (χ0v) is 12.8. The van der Waals surface area contributed by atoms with Gasteiger partial charge in [-0.15, -0.1) is 0 Å². The van der Waals surface area contributed by atoms with E-state index in [2.05, 4.69) is 15.4 Å². The normalized spacial score (nSPS) is 13.2. The maximum Gasteiger partial charge on any atom is 0.407 e. The number of imidazole rings is 1. The van der Waals surface area contributed by atoms with E-state index >= 15 is 0 Å². The standard InChI is InChI=1S/C14H21N5O2/c1-9(15)10-5-12-18-11(8-19(12)17-6-10)7-16-13(20)21-14(2,3)4/h5-6,8-9H,7,15H2,1-4H3,(H,16,20). The summed E-state index contributed by atoms with van der Waals surface area (Å²) in [5, 5.41) is 6.90. The first-order valence-corrected chi connectivity index (χ1v) is 6.81. The second kappa shape index (κ2) is 5.69. The average Bonchev–Trinajstić information content (AvgIpc) is 2.75. The molecule has 0 radical (unpaired) electrons. The van der Waals surface area contributed by atoms with Gasteiger partial charge in [-0.3, -0.25) is 0 Å². The van der Waals surface area contributed by atoms with Crippen LogP contribution in [0.15, 0.2) is 18.5 Å². The van der Waals surface area contributed by atoms with Crippen molar-refractivity contribution >= 4 is 11.7 Å². The fraction of sp³-hybridized carbons (Fsp3) is 0.500. The molecule has 114 valence electrons. The smallest absolute Gasteiger partial charge is 0.407 e. The topological polar surface area (TPSA) is 94.5 Å². The first-order valence-electron chi connectivity index (χ1n) is 6.81. The monoisotopic (exact) mass is 291 g/mol. The zero-order valence-electron chi connectivity index (χ0n) is 12.8. The van der Waals surface area contributed by atoms with E-state index in [1.807, 2.05) is 33.8 Å². The zero-order chi connectivity index (χ0) is 15.6. The van der Waals surface area contributed by atoms with Gasteiger partial charge in [0.15, 0.2) is 5.65 Å². The van der Waals surface area contributed by atoms with Crippen LogP contribution in [0, 0.1) is 0 Å². The minimum atomic E-state index is -0.517. The van der Waals surface area contributed by atoms with Gasteiger partial charge in [-0.05, 0) is 39.3 Å². The highest BCUT2D eigenvalue weighted by Crippen LogP contribution is 2.12. The maximum absolute atomic E-state index is 11.6. The highest BCUT2D eigenvalue weighted by Gasteiger charge is 2.16. The number of alkyl carbamates (subject to hydrolysis) is 1. The predicted molar refractivity (Wildman–Crippen MR) is 78.7 cm³/mol. The van der Waals surface area contributed by atoms with Gasteiger partial charge in [-0.2, -0.15) is 5.10 Å². The van der Waals surface area contributed by atoms with Crippen molar-refractivity contribution in [3.8, 4) is 0 Å². The largest absolute Gasteiger partial charge is 0.444 e. The van der Waals surface area contributed by atoms with Crippen LogP contribution in [0.5, 0.6) is 0 Å². The third kappa shape index (κ3) is 4.16. The van der Waals surface area contributed by atoms with Crippen LogP contribution in [0.1, 0.15) is 45.0 Å². The Bertz CT molecular complexity index is 642. The lowest BCUT2D eigenvalue weighted by molar-refractivity contribution is 0.0523. The molecule has 0 saturated carbocycles. The Kier molecular flexibility index (Phi) is 4.13. The number of aromatic nitrogens is 3. The van der Waals surface area contributed by atoms with E-state index in [1.54, 1.807) is 16.9 Å². The quantitative estimate of drug-likeness (QED) is 0.898. The lowest BCUT2D eigenvalue weighted by Crippen LogP contribution is -2.32. The van der Waals surface area contributed by atoms with E-state index in [-0.39, 0.29) is 12.6 Å². The number of hydrogen-bond donors (Lipinski definition) is 2. The Hall–Kier alpha value is -2.15. The summed E-state index contributed by atoms with van der Waals surface area (Å²) in [6.07, 6.45) is 3.01. The molecular formula is C14H21N5O2. The van der Waals surface area contributed by atoms with E-state index in [4.69, 9.17) is 10.5 Å². The van der Waals surface area contributed by atoms with E-state index in [9.17, 15) is 4.79 Å². The summed E-state index contributed by atoms with van der Waals surface area (Å²) in [7, 11) is 0. The fourth-order valence-corrected chi connectivity index (χ4v) is 1.75. The van der Waals surface area contributed by atoms with Crippen LogP contribution in [-0.2, 0) is 11.3 Å². The molecule has 21 heavy (non-hydrogen) atoms. The fourth-order valence-electron chi connectivity index (χ4n) is 1.75. The van der Waals surface area contributed by atoms with E-state index in [0.717, 1.165) is 5.56 Å². The first-order chi connectivity index (χ1) is 9.74.